The number of carbonyl (C=O) groups is 1. The third kappa shape index (κ3) is 3.27. The second kappa shape index (κ2) is 7.08. The van der Waals surface area contributed by atoms with Crippen molar-refractivity contribution in [2.75, 3.05) is 19.6 Å². The number of amides is 1. The molecule has 1 spiro atoms. The van der Waals surface area contributed by atoms with Crippen molar-refractivity contribution in [2.24, 2.45) is 5.41 Å². The molecule has 0 N–H and O–H groups in total. The van der Waals surface area contributed by atoms with Crippen LogP contribution in [-0.2, 0) is 0 Å². The predicted octanol–water partition coefficient (Wildman–Crippen LogP) is 4.08. The lowest BCUT2D eigenvalue weighted by atomic mass is 9.62. The standard InChI is InChI=1S/C23H29N3O/c1-17(2)26-16-23(21(26)19-7-5-4-6-8-19)11-13-25(14-12-23)22(27)20-10-9-18(3)24-15-20/h4-10,15,17,21H,11-14,16H2,1-3H3. The van der Waals surface area contributed by atoms with Crippen molar-refractivity contribution in [3.05, 3.63) is 65.5 Å². The zero-order chi connectivity index (χ0) is 19.0. The molecule has 1 aromatic heterocycles. The van der Waals surface area contributed by atoms with E-state index in [1.807, 2.05) is 24.0 Å². The lowest BCUT2D eigenvalue weighted by Gasteiger charge is -2.62. The van der Waals surface area contributed by atoms with Gasteiger partial charge >= 0.3 is 0 Å². The van der Waals surface area contributed by atoms with Crippen LogP contribution in [0.3, 0.4) is 0 Å². The molecule has 0 saturated carbocycles. The molecule has 2 aromatic rings. The molecule has 4 heteroatoms. The summed E-state index contributed by atoms with van der Waals surface area (Å²) >= 11 is 0. The Bertz CT molecular complexity index is 792. The number of nitrogens with zero attached hydrogens (tertiary/aromatic N) is 3. The molecular formula is C23H29N3O. The number of carbonyl (C=O) groups excluding carboxylic acids is 1. The lowest BCUT2D eigenvalue weighted by Crippen LogP contribution is -2.64. The fraction of sp³-hybridized carbons (Fsp3) is 0.478. The van der Waals surface area contributed by atoms with Crippen molar-refractivity contribution >= 4 is 5.91 Å². The Balaban J connectivity index is 1.49. The first kappa shape index (κ1) is 18.2. The second-order valence-corrected chi connectivity index (χ2v) is 8.42. The summed E-state index contributed by atoms with van der Waals surface area (Å²) < 4.78 is 0. The first-order chi connectivity index (χ1) is 13.0. The molecule has 0 radical (unpaired) electrons. The molecule has 1 atom stereocenters. The average molecular weight is 364 g/mol. The minimum atomic E-state index is 0.119. The molecule has 27 heavy (non-hydrogen) atoms. The Morgan fingerprint density at radius 2 is 1.81 bits per heavy atom. The van der Waals surface area contributed by atoms with E-state index in [1.165, 1.54) is 5.56 Å². The maximum atomic E-state index is 12.8. The number of benzene rings is 1. The summed E-state index contributed by atoms with van der Waals surface area (Å²) in [6, 6.07) is 15.7. The quantitative estimate of drug-likeness (QED) is 0.824. The van der Waals surface area contributed by atoms with E-state index in [9.17, 15) is 4.79 Å². The summed E-state index contributed by atoms with van der Waals surface area (Å²) in [5.74, 6) is 0.119. The van der Waals surface area contributed by atoms with Gasteiger partial charge in [0, 0.05) is 49.0 Å². The van der Waals surface area contributed by atoms with Crippen LogP contribution in [0.1, 0.15) is 54.3 Å². The highest BCUT2D eigenvalue weighted by Gasteiger charge is 2.54. The smallest absolute Gasteiger partial charge is 0.255 e. The third-order valence-electron chi connectivity index (χ3n) is 6.39. The Labute approximate surface area is 162 Å². The van der Waals surface area contributed by atoms with Gasteiger partial charge in [0.05, 0.1) is 5.56 Å². The third-order valence-corrected chi connectivity index (χ3v) is 6.39. The van der Waals surface area contributed by atoms with Gasteiger partial charge in [0.15, 0.2) is 0 Å². The Kier molecular flexibility index (Phi) is 4.77. The summed E-state index contributed by atoms with van der Waals surface area (Å²) in [4.78, 5) is 21.7. The second-order valence-electron chi connectivity index (χ2n) is 8.42. The van der Waals surface area contributed by atoms with Gasteiger partial charge in [0.25, 0.3) is 5.91 Å². The SMILES string of the molecule is Cc1ccc(C(=O)N2CCC3(CC2)CN(C(C)C)C3c2ccccc2)cn1. The fourth-order valence-electron chi connectivity index (χ4n) is 4.81. The number of likely N-dealkylation sites (tertiary alicyclic amines) is 2. The lowest BCUT2D eigenvalue weighted by molar-refractivity contribution is -0.124. The van der Waals surface area contributed by atoms with E-state index in [0.29, 0.717) is 23.1 Å². The van der Waals surface area contributed by atoms with E-state index in [-0.39, 0.29) is 5.91 Å². The number of piperidine rings is 1. The minimum Gasteiger partial charge on any atom is -0.339 e. The van der Waals surface area contributed by atoms with Gasteiger partial charge in [-0.05, 0) is 51.3 Å². The molecule has 1 amide bonds. The Morgan fingerprint density at radius 3 is 2.41 bits per heavy atom. The molecule has 4 nitrogen and oxygen atoms in total. The van der Waals surface area contributed by atoms with E-state index < -0.39 is 0 Å². The largest absolute Gasteiger partial charge is 0.339 e. The van der Waals surface area contributed by atoms with Gasteiger partial charge in [0.1, 0.15) is 0 Å². The van der Waals surface area contributed by atoms with Crippen LogP contribution in [0.4, 0.5) is 0 Å². The summed E-state index contributed by atoms with van der Waals surface area (Å²) in [6.07, 6.45) is 3.85. The van der Waals surface area contributed by atoms with Crippen LogP contribution >= 0.6 is 0 Å². The zero-order valence-electron chi connectivity index (χ0n) is 16.6. The first-order valence-electron chi connectivity index (χ1n) is 10.0. The molecule has 1 aromatic carbocycles. The van der Waals surface area contributed by atoms with Crippen LogP contribution in [-0.4, -0.2) is 46.4 Å². The van der Waals surface area contributed by atoms with Gasteiger partial charge in [-0.15, -0.1) is 0 Å². The van der Waals surface area contributed by atoms with E-state index in [2.05, 4.69) is 54.1 Å². The molecule has 0 aliphatic carbocycles. The molecule has 2 saturated heterocycles. The van der Waals surface area contributed by atoms with Crippen molar-refractivity contribution in [1.82, 2.24) is 14.8 Å². The van der Waals surface area contributed by atoms with Crippen molar-refractivity contribution < 1.29 is 4.79 Å². The summed E-state index contributed by atoms with van der Waals surface area (Å²) in [7, 11) is 0. The number of aromatic nitrogens is 1. The van der Waals surface area contributed by atoms with Gasteiger partial charge in [-0.1, -0.05) is 30.3 Å². The molecule has 2 aliphatic rings. The van der Waals surface area contributed by atoms with Gasteiger partial charge in [-0.25, -0.2) is 0 Å². The first-order valence-corrected chi connectivity index (χ1v) is 10.0. The average Bonchev–Trinajstić information content (AvgIpc) is 2.67. The van der Waals surface area contributed by atoms with Gasteiger partial charge in [-0.3, -0.25) is 14.7 Å². The van der Waals surface area contributed by atoms with E-state index in [0.717, 1.165) is 38.2 Å². The number of hydrogen-bond donors (Lipinski definition) is 0. The van der Waals surface area contributed by atoms with Crippen LogP contribution in [0.2, 0.25) is 0 Å². The zero-order valence-corrected chi connectivity index (χ0v) is 16.6. The fourth-order valence-corrected chi connectivity index (χ4v) is 4.81. The molecule has 142 valence electrons. The highest BCUT2D eigenvalue weighted by molar-refractivity contribution is 5.94. The van der Waals surface area contributed by atoms with Crippen molar-refractivity contribution in [1.29, 1.82) is 0 Å². The molecular weight excluding hydrogens is 334 g/mol. The number of aryl methyl sites for hydroxylation is 1. The van der Waals surface area contributed by atoms with Crippen molar-refractivity contribution in [3.8, 4) is 0 Å². The topological polar surface area (TPSA) is 36.4 Å². The van der Waals surface area contributed by atoms with Crippen molar-refractivity contribution in [3.63, 3.8) is 0 Å². The normalized spacial score (nSPS) is 22.1. The van der Waals surface area contributed by atoms with Crippen LogP contribution < -0.4 is 0 Å². The monoisotopic (exact) mass is 363 g/mol. The maximum Gasteiger partial charge on any atom is 0.255 e. The number of hydrogen-bond acceptors (Lipinski definition) is 3. The molecule has 4 rings (SSSR count). The number of rotatable bonds is 3. The summed E-state index contributed by atoms with van der Waals surface area (Å²) in [5, 5.41) is 0. The van der Waals surface area contributed by atoms with Crippen molar-refractivity contribution in [2.45, 2.75) is 45.7 Å². The van der Waals surface area contributed by atoms with Crippen LogP contribution in [0.25, 0.3) is 0 Å². The minimum absolute atomic E-state index is 0.119. The highest BCUT2D eigenvalue weighted by atomic mass is 16.2. The van der Waals surface area contributed by atoms with Gasteiger partial charge in [0.2, 0.25) is 0 Å². The summed E-state index contributed by atoms with van der Waals surface area (Å²) in [6.45, 7) is 9.32. The molecule has 3 heterocycles. The highest BCUT2D eigenvalue weighted by Crippen LogP contribution is 2.55. The predicted molar refractivity (Wildman–Crippen MR) is 108 cm³/mol. The van der Waals surface area contributed by atoms with Gasteiger partial charge < -0.3 is 4.90 Å². The van der Waals surface area contributed by atoms with Gasteiger partial charge in [-0.2, -0.15) is 0 Å². The Morgan fingerprint density at radius 1 is 1.11 bits per heavy atom. The number of pyridine rings is 1. The van der Waals surface area contributed by atoms with E-state index >= 15 is 0 Å². The van der Waals surface area contributed by atoms with E-state index in [1.54, 1.807) is 6.20 Å². The van der Waals surface area contributed by atoms with Crippen LogP contribution in [0, 0.1) is 12.3 Å². The molecule has 0 bridgehead atoms. The molecule has 1 unspecified atom stereocenters. The summed E-state index contributed by atoms with van der Waals surface area (Å²) in [5.41, 5.74) is 3.36. The van der Waals surface area contributed by atoms with Crippen LogP contribution in [0.15, 0.2) is 48.7 Å². The molecule has 2 aliphatic heterocycles. The van der Waals surface area contributed by atoms with Crippen LogP contribution in [0.5, 0.6) is 0 Å². The molecule has 2 fully saturated rings. The van der Waals surface area contributed by atoms with E-state index in [4.69, 9.17) is 0 Å². The Hall–Kier alpha value is -2.20. The maximum absolute atomic E-state index is 12.8.